The van der Waals surface area contributed by atoms with Gasteiger partial charge in [-0.05, 0) is 54.1 Å². The molecule has 0 aromatic heterocycles. The molecular formula is C26H22ClN3O2S2. The predicted octanol–water partition coefficient (Wildman–Crippen LogP) is 6.57. The fourth-order valence-electron chi connectivity index (χ4n) is 3.81. The monoisotopic (exact) mass is 507 g/mol. The van der Waals surface area contributed by atoms with Crippen LogP contribution in [-0.2, 0) is 11.2 Å². The lowest BCUT2D eigenvalue weighted by Crippen LogP contribution is -2.31. The Labute approximate surface area is 212 Å². The lowest BCUT2D eigenvalue weighted by atomic mass is 10.1. The summed E-state index contributed by atoms with van der Waals surface area (Å²) in [5.41, 5.74) is 2.92. The van der Waals surface area contributed by atoms with Gasteiger partial charge >= 0.3 is 0 Å². The van der Waals surface area contributed by atoms with E-state index in [-0.39, 0.29) is 5.91 Å². The number of amides is 1. The van der Waals surface area contributed by atoms with Gasteiger partial charge in [0.15, 0.2) is 5.17 Å². The minimum atomic E-state index is -0.0316. The zero-order valence-corrected chi connectivity index (χ0v) is 21.1. The SMILES string of the molecule is COc1ccc2c(c1)N(C)/C(=C1/SC(=Nc3cccc(Cl)c3)N(CCc3ccccc3)C1=O)S2. The Morgan fingerprint density at radius 1 is 1.00 bits per heavy atom. The first-order chi connectivity index (χ1) is 16.5. The van der Waals surface area contributed by atoms with Gasteiger partial charge in [-0.3, -0.25) is 9.69 Å². The molecule has 2 heterocycles. The maximum atomic E-state index is 13.7. The first-order valence-corrected chi connectivity index (χ1v) is 12.8. The average Bonchev–Trinajstić information content (AvgIpc) is 3.33. The number of halogens is 1. The number of fused-ring (bicyclic) bond motifs is 1. The highest BCUT2D eigenvalue weighted by Crippen LogP contribution is 2.51. The molecule has 0 atom stereocenters. The lowest BCUT2D eigenvalue weighted by Gasteiger charge is -2.17. The van der Waals surface area contributed by atoms with Crippen LogP contribution in [0.15, 0.2) is 92.6 Å². The van der Waals surface area contributed by atoms with E-state index in [0.29, 0.717) is 21.6 Å². The van der Waals surface area contributed by atoms with Crippen molar-refractivity contribution in [2.45, 2.75) is 11.3 Å². The van der Waals surface area contributed by atoms with E-state index in [1.165, 1.54) is 17.3 Å². The minimum Gasteiger partial charge on any atom is -0.497 e. The third kappa shape index (κ3) is 4.56. The maximum absolute atomic E-state index is 13.7. The van der Waals surface area contributed by atoms with Gasteiger partial charge in [-0.15, -0.1) is 0 Å². The number of nitrogens with zero attached hydrogens (tertiary/aromatic N) is 3. The maximum Gasteiger partial charge on any atom is 0.269 e. The molecule has 34 heavy (non-hydrogen) atoms. The standard InChI is InChI=1S/C26H22ClN3O2S2/c1-29-21-16-20(32-2)11-12-22(21)33-25(29)23-24(31)30(14-13-17-7-4-3-5-8-17)26(34-23)28-19-10-6-9-18(27)15-19/h3-12,15-16H,13-14H2,1-2H3/b25-23-,28-26?. The summed E-state index contributed by atoms with van der Waals surface area (Å²) < 4.78 is 5.39. The second-order valence-electron chi connectivity index (χ2n) is 7.80. The van der Waals surface area contributed by atoms with Gasteiger partial charge in [0.05, 0.1) is 23.5 Å². The van der Waals surface area contributed by atoms with Crippen molar-refractivity contribution in [3.05, 3.63) is 93.3 Å². The Kier molecular flexibility index (Phi) is 6.59. The second kappa shape index (κ2) is 9.78. The number of rotatable bonds is 5. The molecule has 1 fully saturated rings. The van der Waals surface area contributed by atoms with Gasteiger partial charge in [-0.25, -0.2) is 4.99 Å². The van der Waals surface area contributed by atoms with E-state index in [1.807, 2.05) is 61.6 Å². The van der Waals surface area contributed by atoms with E-state index in [4.69, 9.17) is 21.3 Å². The number of carbonyl (C=O) groups excluding carboxylic acids is 1. The summed E-state index contributed by atoms with van der Waals surface area (Å²) in [6.07, 6.45) is 0.741. The molecule has 0 aliphatic carbocycles. The van der Waals surface area contributed by atoms with Crippen LogP contribution >= 0.6 is 35.1 Å². The third-order valence-electron chi connectivity index (χ3n) is 5.60. The third-order valence-corrected chi connectivity index (χ3v) is 8.26. The molecule has 0 radical (unpaired) electrons. The Balaban J connectivity index is 1.50. The number of carbonyl (C=O) groups is 1. The van der Waals surface area contributed by atoms with Crippen LogP contribution in [0.3, 0.4) is 0 Å². The Morgan fingerprint density at radius 3 is 2.59 bits per heavy atom. The molecule has 5 rings (SSSR count). The molecule has 0 N–H and O–H groups in total. The number of aliphatic imine (C=N–C) groups is 1. The normalized spacial score (nSPS) is 18.7. The summed E-state index contributed by atoms with van der Waals surface area (Å²) >= 11 is 9.19. The summed E-state index contributed by atoms with van der Waals surface area (Å²) in [4.78, 5) is 24.1. The minimum absolute atomic E-state index is 0.0316. The highest BCUT2D eigenvalue weighted by molar-refractivity contribution is 8.19. The fourth-order valence-corrected chi connectivity index (χ4v) is 6.34. The number of amidine groups is 1. The molecular weight excluding hydrogens is 486 g/mol. The molecule has 2 aliphatic heterocycles. The highest BCUT2D eigenvalue weighted by atomic mass is 35.5. The molecule has 1 saturated heterocycles. The van der Waals surface area contributed by atoms with Gasteiger partial charge in [0, 0.05) is 29.6 Å². The molecule has 0 spiro atoms. The summed E-state index contributed by atoms with van der Waals surface area (Å²) in [6.45, 7) is 0.543. The van der Waals surface area contributed by atoms with Crippen LogP contribution in [0.25, 0.3) is 0 Å². The first-order valence-electron chi connectivity index (χ1n) is 10.8. The summed E-state index contributed by atoms with van der Waals surface area (Å²) in [5, 5.41) is 2.17. The van der Waals surface area contributed by atoms with Crippen molar-refractivity contribution in [3.8, 4) is 5.75 Å². The number of hydrogen-bond acceptors (Lipinski definition) is 6. The van der Waals surface area contributed by atoms with Gasteiger partial charge in [0.2, 0.25) is 0 Å². The predicted molar refractivity (Wildman–Crippen MR) is 142 cm³/mol. The van der Waals surface area contributed by atoms with Crippen molar-refractivity contribution in [1.29, 1.82) is 0 Å². The molecule has 0 saturated carbocycles. The molecule has 3 aromatic carbocycles. The van der Waals surface area contributed by atoms with Crippen LogP contribution in [0.4, 0.5) is 11.4 Å². The van der Waals surface area contributed by atoms with Crippen molar-refractivity contribution < 1.29 is 9.53 Å². The Bertz CT molecular complexity index is 1310. The van der Waals surface area contributed by atoms with Gasteiger partial charge in [-0.1, -0.05) is 59.8 Å². The van der Waals surface area contributed by atoms with Crippen LogP contribution in [0.5, 0.6) is 5.75 Å². The van der Waals surface area contributed by atoms with E-state index in [2.05, 4.69) is 17.0 Å². The van der Waals surface area contributed by atoms with Crippen molar-refractivity contribution in [2.75, 3.05) is 25.6 Å². The van der Waals surface area contributed by atoms with Crippen molar-refractivity contribution in [2.24, 2.45) is 4.99 Å². The average molecular weight is 508 g/mol. The largest absolute Gasteiger partial charge is 0.497 e. The number of thioether (sulfide) groups is 2. The number of ether oxygens (including phenoxy) is 1. The van der Waals surface area contributed by atoms with E-state index >= 15 is 0 Å². The van der Waals surface area contributed by atoms with Gasteiger partial charge < -0.3 is 9.64 Å². The summed E-state index contributed by atoms with van der Waals surface area (Å²) in [6, 6.07) is 23.5. The number of anilines is 1. The van der Waals surface area contributed by atoms with Gasteiger partial charge in [0.25, 0.3) is 5.91 Å². The fraction of sp³-hybridized carbons (Fsp3) is 0.154. The van der Waals surface area contributed by atoms with Crippen LogP contribution in [-0.4, -0.2) is 36.7 Å². The molecule has 2 aliphatic rings. The summed E-state index contributed by atoms with van der Waals surface area (Å²) in [7, 11) is 3.64. The van der Waals surface area contributed by atoms with Gasteiger partial charge in [0.1, 0.15) is 10.7 Å². The van der Waals surface area contributed by atoms with E-state index in [9.17, 15) is 4.79 Å². The second-order valence-corrected chi connectivity index (χ2v) is 10.2. The van der Waals surface area contributed by atoms with E-state index in [1.54, 1.807) is 29.8 Å². The van der Waals surface area contributed by atoms with Crippen molar-refractivity contribution in [3.63, 3.8) is 0 Å². The highest BCUT2D eigenvalue weighted by Gasteiger charge is 2.39. The Morgan fingerprint density at radius 2 is 1.82 bits per heavy atom. The molecule has 5 nitrogen and oxygen atoms in total. The molecule has 3 aromatic rings. The summed E-state index contributed by atoms with van der Waals surface area (Å²) in [5.74, 6) is 0.756. The van der Waals surface area contributed by atoms with Crippen LogP contribution in [0.1, 0.15) is 5.56 Å². The quantitative estimate of drug-likeness (QED) is 0.366. The number of benzene rings is 3. The van der Waals surface area contributed by atoms with Crippen LogP contribution in [0.2, 0.25) is 5.02 Å². The van der Waals surface area contributed by atoms with Crippen molar-refractivity contribution in [1.82, 2.24) is 4.90 Å². The zero-order valence-electron chi connectivity index (χ0n) is 18.7. The number of hydrogen-bond donors (Lipinski definition) is 0. The van der Waals surface area contributed by atoms with Gasteiger partial charge in [-0.2, -0.15) is 0 Å². The topological polar surface area (TPSA) is 45.1 Å². The van der Waals surface area contributed by atoms with E-state index in [0.717, 1.165) is 33.5 Å². The number of methoxy groups -OCH3 is 1. The van der Waals surface area contributed by atoms with Crippen LogP contribution in [0, 0.1) is 0 Å². The molecule has 8 heteroatoms. The van der Waals surface area contributed by atoms with E-state index < -0.39 is 0 Å². The first kappa shape index (κ1) is 22.9. The van der Waals surface area contributed by atoms with Crippen molar-refractivity contribution >= 4 is 57.6 Å². The zero-order chi connectivity index (χ0) is 23.7. The molecule has 172 valence electrons. The molecule has 0 bridgehead atoms. The Hall–Kier alpha value is -2.87. The molecule has 1 amide bonds. The van der Waals surface area contributed by atoms with Crippen LogP contribution < -0.4 is 9.64 Å². The smallest absolute Gasteiger partial charge is 0.269 e. The lowest BCUT2D eigenvalue weighted by molar-refractivity contribution is -0.122. The molecule has 0 unspecified atom stereocenters.